The molecule has 0 spiro atoms. The number of benzene rings is 3. The first-order chi connectivity index (χ1) is 12.9. The van der Waals surface area contributed by atoms with Gasteiger partial charge in [-0.05, 0) is 41.0 Å². The van der Waals surface area contributed by atoms with Crippen molar-refractivity contribution >= 4 is 9.84 Å². The molecule has 1 saturated heterocycles. The highest BCUT2D eigenvalue weighted by atomic mass is 32.2. The Morgan fingerprint density at radius 1 is 0.963 bits per heavy atom. The molecular weight excluding hydrogens is 370 g/mol. The summed E-state index contributed by atoms with van der Waals surface area (Å²) in [6.45, 7) is 0.664. The molecule has 3 aromatic carbocycles. The summed E-state index contributed by atoms with van der Waals surface area (Å²) in [6.07, 6.45) is 0.0672. The number of hydrogen-bond acceptors (Lipinski definition) is 3. The van der Waals surface area contributed by atoms with Gasteiger partial charge in [0.1, 0.15) is 17.7 Å². The molecule has 1 unspecified atom stereocenters. The van der Waals surface area contributed by atoms with Crippen molar-refractivity contribution in [2.75, 3.05) is 6.61 Å². The molecule has 1 aliphatic heterocycles. The summed E-state index contributed by atoms with van der Waals surface area (Å²) in [6, 6.07) is 16.6. The van der Waals surface area contributed by atoms with E-state index in [1.807, 2.05) is 18.2 Å². The molecule has 3 aromatic rings. The van der Waals surface area contributed by atoms with Crippen LogP contribution in [0.25, 0.3) is 11.1 Å². The van der Waals surface area contributed by atoms with E-state index in [2.05, 4.69) is 0 Å². The van der Waals surface area contributed by atoms with Crippen molar-refractivity contribution in [1.29, 1.82) is 0 Å². The van der Waals surface area contributed by atoms with Crippen molar-refractivity contribution in [3.63, 3.8) is 0 Å². The van der Waals surface area contributed by atoms with Crippen LogP contribution in [-0.2, 0) is 20.3 Å². The largest absolute Gasteiger partial charge is 0.368 e. The molecule has 0 saturated carbocycles. The van der Waals surface area contributed by atoms with Crippen LogP contribution in [0.1, 0.15) is 17.2 Å². The van der Waals surface area contributed by atoms with Gasteiger partial charge in [0.05, 0.1) is 17.3 Å². The lowest BCUT2D eigenvalue weighted by molar-refractivity contribution is 0.415. The minimum Gasteiger partial charge on any atom is -0.368 e. The van der Waals surface area contributed by atoms with Crippen LogP contribution in [0, 0.1) is 11.6 Å². The standard InChI is InChI=1S/C21H16F2O3S/c22-17-6-9-19(20(23)11-17)15-4-7-18(8-5-15)27(24,25)13-14-2-1-3-16(10-14)21-12-26-21/h1-11,21H,12-13H2. The van der Waals surface area contributed by atoms with E-state index in [0.717, 1.165) is 11.6 Å². The molecule has 1 fully saturated rings. The van der Waals surface area contributed by atoms with E-state index in [4.69, 9.17) is 4.74 Å². The number of rotatable bonds is 5. The average molecular weight is 386 g/mol. The molecule has 1 aliphatic rings. The van der Waals surface area contributed by atoms with Gasteiger partial charge in [0, 0.05) is 11.6 Å². The Balaban J connectivity index is 1.58. The molecule has 4 rings (SSSR count). The topological polar surface area (TPSA) is 46.7 Å². The van der Waals surface area contributed by atoms with Gasteiger partial charge in [0.25, 0.3) is 0 Å². The Kier molecular flexibility index (Phi) is 4.53. The van der Waals surface area contributed by atoms with E-state index in [-0.39, 0.29) is 22.3 Å². The second-order valence-electron chi connectivity index (χ2n) is 6.47. The third kappa shape index (κ3) is 3.91. The summed E-state index contributed by atoms with van der Waals surface area (Å²) < 4.78 is 57.6. The van der Waals surface area contributed by atoms with Gasteiger partial charge in [-0.25, -0.2) is 17.2 Å². The van der Waals surface area contributed by atoms with Crippen molar-refractivity contribution in [3.05, 3.63) is 89.5 Å². The van der Waals surface area contributed by atoms with Crippen molar-refractivity contribution in [2.24, 2.45) is 0 Å². The van der Waals surface area contributed by atoms with Crippen LogP contribution in [-0.4, -0.2) is 15.0 Å². The quantitative estimate of drug-likeness (QED) is 0.599. The zero-order chi connectivity index (χ0) is 19.0. The van der Waals surface area contributed by atoms with Crippen LogP contribution in [0.2, 0.25) is 0 Å². The van der Waals surface area contributed by atoms with Gasteiger partial charge in [-0.1, -0.05) is 36.4 Å². The Bertz CT molecular complexity index is 1090. The van der Waals surface area contributed by atoms with E-state index in [1.165, 1.54) is 36.4 Å². The van der Waals surface area contributed by atoms with E-state index in [0.29, 0.717) is 17.7 Å². The van der Waals surface area contributed by atoms with E-state index < -0.39 is 21.5 Å². The first kappa shape index (κ1) is 17.8. The Morgan fingerprint density at radius 3 is 2.37 bits per heavy atom. The predicted octanol–water partition coefficient (Wildman–Crippen LogP) is 4.68. The lowest BCUT2D eigenvalue weighted by Crippen LogP contribution is -2.05. The van der Waals surface area contributed by atoms with Gasteiger partial charge in [-0.15, -0.1) is 0 Å². The molecule has 3 nitrogen and oxygen atoms in total. The van der Waals surface area contributed by atoms with Gasteiger partial charge in [0.2, 0.25) is 0 Å². The minimum absolute atomic E-state index is 0.0672. The second kappa shape index (κ2) is 6.87. The molecular formula is C21H16F2O3S. The monoisotopic (exact) mass is 386 g/mol. The molecule has 138 valence electrons. The van der Waals surface area contributed by atoms with Crippen LogP contribution in [0.4, 0.5) is 8.78 Å². The summed E-state index contributed by atoms with van der Waals surface area (Å²) in [4.78, 5) is 0.154. The van der Waals surface area contributed by atoms with Gasteiger partial charge in [0.15, 0.2) is 9.84 Å². The first-order valence-electron chi connectivity index (χ1n) is 8.41. The minimum atomic E-state index is -3.55. The maximum absolute atomic E-state index is 13.9. The molecule has 1 heterocycles. The van der Waals surface area contributed by atoms with Crippen LogP contribution >= 0.6 is 0 Å². The van der Waals surface area contributed by atoms with Crippen molar-refractivity contribution in [2.45, 2.75) is 16.8 Å². The van der Waals surface area contributed by atoms with E-state index >= 15 is 0 Å². The van der Waals surface area contributed by atoms with Crippen molar-refractivity contribution in [1.82, 2.24) is 0 Å². The fraction of sp³-hybridized carbons (Fsp3) is 0.143. The van der Waals surface area contributed by atoms with Gasteiger partial charge in [-0.3, -0.25) is 0 Å². The highest BCUT2D eigenvalue weighted by Gasteiger charge is 2.25. The molecule has 6 heteroatoms. The molecule has 0 bridgehead atoms. The number of ether oxygens (including phenoxy) is 1. The van der Waals surface area contributed by atoms with Gasteiger partial charge < -0.3 is 4.74 Å². The fourth-order valence-electron chi connectivity index (χ4n) is 2.99. The summed E-state index contributed by atoms with van der Waals surface area (Å²) in [5.41, 5.74) is 2.37. The fourth-order valence-corrected chi connectivity index (χ4v) is 4.33. The summed E-state index contributed by atoms with van der Waals surface area (Å²) in [7, 11) is -3.55. The zero-order valence-corrected chi connectivity index (χ0v) is 15.0. The number of hydrogen-bond donors (Lipinski definition) is 0. The first-order valence-corrected chi connectivity index (χ1v) is 10.1. The average Bonchev–Trinajstić information content (AvgIpc) is 3.47. The maximum atomic E-state index is 13.9. The zero-order valence-electron chi connectivity index (χ0n) is 14.2. The lowest BCUT2D eigenvalue weighted by atomic mass is 10.1. The van der Waals surface area contributed by atoms with Gasteiger partial charge in [-0.2, -0.15) is 0 Å². The SMILES string of the molecule is O=S(=O)(Cc1cccc(C2CO2)c1)c1ccc(-c2ccc(F)cc2F)cc1. The number of epoxide rings is 1. The normalized spacial score (nSPS) is 16.3. The smallest absolute Gasteiger partial charge is 0.182 e. The molecule has 27 heavy (non-hydrogen) atoms. The van der Waals surface area contributed by atoms with Crippen LogP contribution in [0.5, 0.6) is 0 Å². The van der Waals surface area contributed by atoms with Crippen LogP contribution in [0.15, 0.2) is 71.6 Å². The lowest BCUT2D eigenvalue weighted by Gasteiger charge is -2.08. The highest BCUT2D eigenvalue weighted by Crippen LogP contribution is 2.31. The van der Waals surface area contributed by atoms with Crippen molar-refractivity contribution < 1.29 is 21.9 Å². The van der Waals surface area contributed by atoms with Gasteiger partial charge >= 0.3 is 0 Å². The van der Waals surface area contributed by atoms with Crippen LogP contribution in [0.3, 0.4) is 0 Å². The molecule has 0 N–H and O–H groups in total. The van der Waals surface area contributed by atoms with Crippen LogP contribution < -0.4 is 0 Å². The van der Waals surface area contributed by atoms with E-state index in [9.17, 15) is 17.2 Å². The highest BCUT2D eigenvalue weighted by molar-refractivity contribution is 7.90. The third-order valence-corrected chi connectivity index (χ3v) is 6.17. The molecule has 0 radical (unpaired) electrons. The Labute approximate surface area is 156 Å². The molecule has 0 amide bonds. The predicted molar refractivity (Wildman–Crippen MR) is 97.8 cm³/mol. The Hall–Kier alpha value is -2.57. The third-order valence-electron chi connectivity index (χ3n) is 4.47. The molecule has 1 atom stereocenters. The van der Waals surface area contributed by atoms with Crippen molar-refractivity contribution in [3.8, 4) is 11.1 Å². The number of halogens is 2. The summed E-state index contributed by atoms with van der Waals surface area (Å²) in [5, 5.41) is 0. The summed E-state index contributed by atoms with van der Waals surface area (Å²) in [5.74, 6) is -1.48. The Morgan fingerprint density at radius 2 is 1.70 bits per heavy atom. The maximum Gasteiger partial charge on any atom is 0.182 e. The molecule has 0 aliphatic carbocycles. The summed E-state index contributed by atoms with van der Waals surface area (Å²) >= 11 is 0. The molecule has 0 aromatic heterocycles. The van der Waals surface area contributed by atoms with E-state index in [1.54, 1.807) is 6.07 Å². The number of sulfone groups is 1. The second-order valence-corrected chi connectivity index (χ2v) is 8.46.